The van der Waals surface area contributed by atoms with Crippen molar-refractivity contribution in [3.63, 3.8) is 0 Å². The number of methoxy groups -OCH3 is 1. The predicted molar refractivity (Wildman–Crippen MR) is 83.7 cm³/mol. The summed E-state index contributed by atoms with van der Waals surface area (Å²) in [5, 5.41) is 0.609. The minimum atomic E-state index is -0.0920. The van der Waals surface area contributed by atoms with Crippen molar-refractivity contribution < 1.29 is 9.53 Å². The fourth-order valence-electron chi connectivity index (χ4n) is 1.67. The maximum absolute atomic E-state index is 11.9. The summed E-state index contributed by atoms with van der Waals surface area (Å²) < 4.78 is 5.82. The van der Waals surface area contributed by atoms with Crippen LogP contribution in [-0.4, -0.2) is 29.3 Å². The SMILES string of the molecule is COc1cc(/C=C2\SC(=S)N(C)C2=O)cc(Cl)c1C. The van der Waals surface area contributed by atoms with Gasteiger partial charge in [-0.1, -0.05) is 35.6 Å². The van der Waals surface area contributed by atoms with Gasteiger partial charge in [0.25, 0.3) is 5.91 Å². The fraction of sp³-hybridized carbons (Fsp3) is 0.231. The van der Waals surface area contributed by atoms with Crippen LogP contribution >= 0.6 is 35.6 Å². The molecule has 0 atom stereocenters. The number of rotatable bonds is 2. The van der Waals surface area contributed by atoms with Gasteiger partial charge >= 0.3 is 0 Å². The molecule has 6 heteroatoms. The van der Waals surface area contributed by atoms with Gasteiger partial charge in [0.05, 0.1) is 12.0 Å². The van der Waals surface area contributed by atoms with Crippen molar-refractivity contribution in [3.8, 4) is 5.75 Å². The Labute approximate surface area is 126 Å². The highest BCUT2D eigenvalue weighted by molar-refractivity contribution is 8.26. The van der Waals surface area contributed by atoms with E-state index in [2.05, 4.69) is 0 Å². The summed E-state index contributed by atoms with van der Waals surface area (Å²) in [6.07, 6.45) is 1.77. The standard InChI is InChI=1S/C13H12ClNO2S2/c1-7-9(14)4-8(5-10(7)17-3)6-11-12(16)15(2)13(18)19-11/h4-6H,1-3H3/b11-6-. The summed E-state index contributed by atoms with van der Waals surface area (Å²) >= 11 is 12.5. The van der Waals surface area contributed by atoms with Crippen molar-refractivity contribution in [3.05, 3.63) is 33.2 Å². The van der Waals surface area contributed by atoms with Crippen molar-refractivity contribution >= 4 is 51.9 Å². The summed E-state index contributed by atoms with van der Waals surface area (Å²) in [5.41, 5.74) is 1.70. The van der Waals surface area contributed by atoms with Gasteiger partial charge in [0, 0.05) is 17.6 Å². The molecule has 3 nitrogen and oxygen atoms in total. The Morgan fingerprint density at radius 3 is 2.68 bits per heavy atom. The van der Waals surface area contributed by atoms with Crippen LogP contribution in [-0.2, 0) is 4.79 Å². The summed E-state index contributed by atoms with van der Waals surface area (Å²) in [6.45, 7) is 1.89. The second kappa shape index (κ2) is 5.53. The van der Waals surface area contributed by atoms with Crippen molar-refractivity contribution in [2.45, 2.75) is 6.92 Å². The monoisotopic (exact) mass is 313 g/mol. The van der Waals surface area contributed by atoms with Gasteiger partial charge in [0.15, 0.2) is 0 Å². The van der Waals surface area contributed by atoms with Gasteiger partial charge < -0.3 is 4.74 Å². The van der Waals surface area contributed by atoms with Crippen molar-refractivity contribution in [1.82, 2.24) is 4.90 Å². The quantitative estimate of drug-likeness (QED) is 0.617. The maximum atomic E-state index is 11.9. The highest BCUT2D eigenvalue weighted by Crippen LogP contribution is 2.34. The fourth-order valence-corrected chi connectivity index (χ4v) is 3.06. The normalized spacial score (nSPS) is 17.5. The first kappa shape index (κ1) is 14.4. The molecule has 19 heavy (non-hydrogen) atoms. The molecule has 1 aromatic carbocycles. The second-order valence-electron chi connectivity index (χ2n) is 4.07. The van der Waals surface area contributed by atoms with E-state index < -0.39 is 0 Å². The van der Waals surface area contributed by atoms with Crippen LogP contribution in [0.25, 0.3) is 6.08 Å². The molecule has 1 heterocycles. The highest BCUT2D eigenvalue weighted by Gasteiger charge is 2.28. The molecule has 1 aliphatic heterocycles. The largest absolute Gasteiger partial charge is 0.496 e. The van der Waals surface area contributed by atoms with Crippen LogP contribution in [0.3, 0.4) is 0 Å². The lowest BCUT2D eigenvalue weighted by atomic mass is 10.1. The lowest BCUT2D eigenvalue weighted by molar-refractivity contribution is -0.121. The van der Waals surface area contributed by atoms with Gasteiger partial charge in [-0.15, -0.1) is 0 Å². The number of halogens is 1. The van der Waals surface area contributed by atoms with E-state index in [-0.39, 0.29) is 5.91 Å². The third-order valence-corrected chi connectivity index (χ3v) is 4.70. The van der Waals surface area contributed by atoms with E-state index >= 15 is 0 Å². The molecule has 0 N–H and O–H groups in total. The van der Waals surface area contributed by atoms with Gasteiger partial charge in [-0.05, 0) is 30.7 Å². The number of hydrogen-bond acceptors (Lipinski definition) is 4. The van der Waals surface area contributed by atoms with E-state index in [1.54, 1.807) is 20.2 Å². The van der Waals surface area contributed by atoms with E-state index in [1.165, 1.54) is 16.7 Å². The zero-order valence-corrected chi connectivity index (χ0v) is 13.1. The molecular weight excluding hydrogens is 302 g/mol. The molecule has 0 aromatic heterocycles. The summed E-state index contributed by atoms with van der Waals surface area (Å²) in [5.74, 6) is 0.608. The summed E-state index contributed by atoms with van der Waals surface area (Å²) in [6, 6.07) is 3.66. The number of likely N-dealkylation sites (N-methyl/N-ethyl adjacent to an activating group) is 1. The minimum Gasteiger partial charge on any atom is -0.496 e. The summed E-state index contributed by atoms with van der Waals surface area (Å²) in [7, 11) is 3.26. The van der Waals surface area contributed by atoms with Crippen LogP contribution in [0.5, 0.6) is 5.75 Å². The third-order valence-electron chi connectivity index (χ3n) is 2.82. The van der Waals surface area contributed by atoms with Gasteiger partial charge in [-0.25, -0.2) is 0 Å². The zero-order valence-electron chi connectivity index (χ0n) is 10.7. The van der Waals surface area contributed by atoms with E-state index in [0.29, 0.717) is 20.0 Å². The Morgan fingerprint density at radius 2 is 2.16 bits per heavy atom. The van der Waals surface area contributed by atoms with Gasteiger partial charge in [-0.2, -0.15) is 0 Å². The van der Waals surface area contributed by atoms with Crippen molar-refractivity contribution in [1.29, 1.82) is 0 Å². The lowest BCUT2D eigenvalue weighted by Gasteiger charge is -2.08. The first-order valence-electron chi connectivity index (χ1n) is 5.49. The first-order chi connectivity index (χ1) is 8.93. The van der Waals surface area contributed by atoms with Crippen LogP contribution < -0.4 is 4.74 Å². The summed E-state index contributed by atoms with van der Waals surface area (Å²) in [4.78, 5) is 14.0. The Balaban J connectivity index is 2.42. The average Bonchev–Trinajstić information content (AvgIpc) is 2.61. The molecule has 2 rings (SSSR count). The molecule has 0 aliphatic carbocycles. The highest BCUT2D eigenvalue weighted by atomic mass is 35.5. The second-order valence-corrected chi connectivity index (χ2v) is 6.15. The molecular formula is C13H12ClNO2S2. The molecule has 1 saturated heterocycles. The number of carbonyl (C=O) groups is 1. The van der Waals surface area contributed by atoms with Crippen molar-refractivity contribution in [2.75, 3.05) is 14.2 Å². The lowest BCUT2D eigenvalue weighted by Crippen LogP contribution is -2.22. The predicted octanol–water partition coefficient (Wildman–Crippen LogP) is 3.49. The number of thiocarbonyl (C=S) groups is 1. The van der Waals surface area contributed by atoms with Crippen molar-refractivity contribution in [2.24, 2.45) is 0 Å². The molecule has 1 fully saturated rings. The Kier molecular flexibility index (Phi) is 4.18. The molecule has 100 valence electrons. The van der Waals surface area contributed by atoms with Crippen LogP contribution in [0.1, 0.15) is 11.1 Å². The number of carbonyl (C=O) groups excluding carboxylic acids is 1. The molecule has 0 radical (unpaired) electrons. The van der Waals surface area contributed by atoms with E-state index in [4.69, 9.17) is 28.6 Å². The molecule has 1 aliphatic rings. The molecule has 0 spiro atoms. The van der Waals surface area contributed by atoms with Gasteiger partial charge in [-0.3, -0.25) is 9.69 Å². The van der Waals surface area contributed by atoms with Crippen LogP contribution in [0.2, 0.25) is 5.02 Å². The Morgan fingerprint density at radius 1 is 1.47 bits per heavy atom. The van der Waals surface area contributed by atoms with Gasteiger partial charge in [0.1, 0.15) is 10.1 Å². The molecule has 1 aromatic rings. The molecule has 1 amide bonds. The third kappa shape index (κ3) is 2.78. The van der Waals surface area contributed by atoms with Crippen LogP contribution in [0.15, 0.2) is 17.0 Å². The number of benzene rings is 1. The van der Waals surface area contributed by atoms with Crippen LogP contribution in [0, 0.1) is 6.92 Å². The average molecular weight is 314 g/mol. The number of thioether (sulfide) groups is 1. The topological polar surface area (TPSA) is 29.5 Å². The smallest absolute Gasteiger partial charge is 0.265 e. The van der Waals surface area contributed by atoms with Crippen LogP contribution in [0.4, 0.5) is 0 Å². The maximum Gasteiger partial charge on any atom is 0.265 e. The minimum absolute atomic E-state index is 0.0920. The number of hydrogen-bond donors (Lipinski definition) is 0. The van der Waals surface area contributed by atoms with E-state index in [1.807, 2.05) is 19.1 Å². The Hall–Kier alpha value is -1.04. The number of amides is 1. The first-order valence-corrected chi connectivity index (χ1v) is 7.10. The number of nitrogens with zero attached hydrogens (tertiary/aromatic N) is 1. The van der Waals surface area contributed by atoms with E-state index in [9.17, 15) is 4.79 Å². The molecule has 0 saturated carbocycles. The molecule has 0 unspecified atom stereocenters. The van der Waals surface area contributed by atoms with E-state index in [0.717, 1.165) is 11.1 Å². The Bertz CT molecular complexity index is 599. The number of ether oxygens (including phenoxy) is 1. The van der Waals surface area contributed by atoms with Gasteiger partial charge in [0.2, 0.25) is 0 Å². The zero-order chi connectivity index (χ0) is 14.2. The molecule has 0 bridgehead atoms.